The number of allylic oxidation sites excluding steroid dienone is 2. The quantitative estimate of drug-likeness (QED) is 0.840. The van der Waals surface area contributed by atoms with Crippen LogP contribution in [0.3, 0.4) is 0 Å². The number of alkyl halides is 2. The Morgan fingerprint density at radius 1 is 1.23 bits per heavy atom. The first-order valence-corrected chi connectivity index (χ1v) is 8.34. The number of hydrogen-bond acceptors (Lipinski definition) is 3. The molecule has 0 spiro atoms. The molecular formula is C15H14F2N2O2S. The topological polar surface area (TPSA) is 49.7 Å². The Morgan fingerprint density at radius 3 is 2.55 bits per heavy atom. The van der Waals surface area contributed by atoms with E-state index in [-0.39, 0.29) is 11.3 Å². The Labute approximate surface area is 127 Å². The monoisotopic (exact) mass is 324 g/mol. The molecule has 4 nitrogen and oxygen atoms in total. The van der Waals surface area contributed by atoms with Gasteiger partial charge in [-0.25, -0.2) is 17.2 Å². The minimum absolute atomic E-state index is 0.0326. The maximum Gasteiger partial charge on any atom is 0.270 e. The number of benzene rings is 1. The number of hydrogen-bond donors (Lipinski definition) is 0. The molecule has 0 atom stereocenters. The highest BCUT2D eigenvalue weighted by Gasteiger charge is 2.28. The van der Waals surface area contributed by atoms with Crippen molar-refractivity contribution in [2.75, 3.05) is 12.3 Å². The molecule has 116 valence electrons. The summed E-state index contributed by atoms with van der Waals surface area (Å²) >= 11 is 0. The zero-order valence-electron chi connectivity index (χ0n) is 11.8. The predicted molar refractivity (Wildman–Crippen MR) is 81.1 cm³/mol. The van der Waals surface area contributed by atoms with Crippen molar-refractivity contribution in [1.82, 2.24) is 4.90 Å². The van der Waals surface area contributed by atoms with Gasteiger partial charge in [0.05, 0.1) is 5.75 Å². The molecule has 0 bridgehead atoms. The zero-order valence-corrected chi connectivity index (χ0v) is 12.6. The van der Waals surface area contributed by atoms with Crippen molar-refractivity contribution in [3.05, 3.63) is 53.7 Å². The van der Waals surface area contributed by atoms with Crippen molar-refractivity contribution in [2.45, 2.75) is 12.8 Å². The lowest BCUT2D eigenvalue weighted by Crippen LogP contribution is -2.37. The third kappa shape index (κ3) is 2.81. The fourth-order valence-corrected chi connectivity index (χ4v) is 3.37. The van der Waals surface area contributed by atoms with Crippen LogP contribution >= 0.6 is 0 Å². The summed E-state index contributed by atoms with van der Waals surface area (Å²) in [5, 5.41) is 0. The normalized spacial score (nSPS) is 20.2. The van der Waals surface area contributed by atoms with Gasteiger partial charge in [-0.05, 0) is 17.7 Å². The van der Waals surface area contributed by atoms with Gasteiger partial charge in [0.2, 0.25) is 0 Å². The zero-order chi connectivity index (χ0) is 16.0. The van der Waals surface area contributed by atoms with Crippen molar-refractivity contribution in [3.63, 3.8) is 0 Å². The standard InChI is InChI=1S/C15H14F2N2O2S/c1-15(16,17)12-6-4-11(5-7-12)13-3-2-8-19-9-10-22(20,21)18-14(13)19/h2-8H,9-10H2,1H3. The fraction of sp³-hybridized carbons (Fsp3) is 0.267. The smallest absolute Gasteiger partial charge is 0.270 e. The van der Waals surface area contributed by atoms with E-state index in [1.54, 1.807) is 35.4 Å². The van der Waals surface area contributed by atoms with Gasteiger partial charge in [0.1, 0.15) is 0 Å². The van der Waals surface area contributed by atoms with Crippen molar-refractivity contribution >= 4 is 21.4 Å². The van der Waals surface area contributed by atoms with Crippen LogP contribution < -0.4 is 0 Å². The summed E-state index contributed by atoms with van der Waals surface area (Å²) in [6.45, 7) is 1.17. The molecule has 3 rings (SSSR count). The first kappa shape index (κ1) is 14.9. The molecule has 2 aliphatic heterocycles. The van der Waals surface area contributed by atoms with E-state index in [2.05, 4.69) is 4.40 Å². The largest absolute Gasteiger partial charge is 0.331 e. The highest BCUT2D eigenvalue weighted by atomic mass is 32.2. The maximum atomic E-state index is 13.3. The SMILES string of the molecule is CC(F)(F)c1ccc(C2=CC=CN3CCS(=O)(=O)N=C23)cc1. The highest BCUT2D eigenvalue weighted by molar-refractivity contribution is 7.90. The van der Waals surface area contributed by atoms with E-state index in [0.717, 1.165) is 6.92 Å². The van der Waals surface area contributed by atoms with E-state index >= 15 is 0 Å². The molecule has 0 saturated heterocycles. The van der Waals surface area contributed by atoms with E-state index < -0.39 is 15.9 Å². The van der Waals surface area contributed by atoms with Crippen LogP contribution in [0.5, 0.6) is 0 Å². The van der Waals surface area contributed by atoms with E-state index in [4.69, 9.17) is 0 Å². The number of rotatable bonds is 2. The maximum absolute atomic E-state index is 13.3. The number of amidine groups is 1. The summed E-state index contributed by atoms with van der Waals surface area (Å²) in [6.07, 6.45) is 5.27. The first-order valence-electron chi connectivity index (χ1n) is 6.73. The summed E-state index contributed by atoms with van der Waals surface area (Å²) in [5.41, 5.74) is 1.17. The highest BCUT2D eigenvalue weighted by Crippen LogP contribution is 2.30. The molecule has 0 aliphatic carbocycles. The minimum atomic E-state index is -3.47. The lowest BCUT2D eigenvalue weighted by Gasteiger charge is -2.29. The Balaban J connectivity index is 2.02. The molecular weight excluding hydrogens is 310 g/mol. The summed E-state index contributed by atoms with van der Waals surface area (Å²) in [7, 11) is -3.47. The van der Waals surface area contributed by atoms with E-state index in [9.17, 15) is 17.2 Å². The Kier molecular flexibility index (Phi) is 3.40. The third-order valence-electron chi connectivity index (χ3n) is 3.56. The Bertz CT molecular complexity index is 788. The molecule has 2 heterocycles. The summed E-state index contributed by atoms with van der Waals surface area (Å²) in [5.74, 6) is -2.60. The van der Waals surface area contributed by atoms with Crippen LogP contribution in [0, 0.1) is 0 Å². The van der Waals surface area contributed by atoms with Gasteiger partial charge in [-0.2, -0.15) is 0 Å². The van der Waals surface area contributed by atoms with Gasteiger partial charge in [0.15, 0.2) is 5.84 Å². The Hall–Kier alpha value is -2.02. The van der Waals surface area contributed by atoms with Gasteiger partial charge < -0.3 is 4.90 Å². The molecule has 7 heteroatoms. The minimum Gasteiger partial charge on any atom is -0.331 e. The van der Waals surface area contributed by atoms with Crippen molar-refractivity contribution in [2.24, 2.45) is 4.40 Å². The molecule has 22 heavy (non-hydrogen) atoms. The second-order valence-corrected chi connectivity index (χ2v) is 7.04. The number of fused-ring (bicyclic) bond motifs is 1. The summed E-state index contributed by atoms with van der Waals surface area (Å²) in [4.78, 5) is 1.75. The summed E-state index contributed by atoms with van der Waals surface area (Å²) < 4.78 is 53.7. The Morgan fingerprint density at radius 2 is 1.91 bits per heavy atom. The molecule has 0 fully saturated rings. The predicted octanol–water partition coefficient (Wildman–Crippen LogP) is 2.75. The van der Waals surface area contributed by atoms with Crippen LogP contribution in [0.15, 0.2) is 47.0 Å². The molecule has 1 aromatic carbocycles. The molecule has 0 aromatic heterocycles. The molecule has 0 radical (unpaired) electrons. The van der Waals surface area contributed by atoms with Gasteiger partial charge in [0, 0.05) is 30.8 Å². The van der Waals surface area contributed by atoms with Crippen LogP contribution in [0.25, 0.3) is 5.57 Å². The van der Waals surface area contributed by atoms with Crippen LogP contribution in [0.2, 0.25) is 0 Å². The van der Waals surface area contributed by atoms with Crippen LogP contribution in [-0.2, 0) is 15.9 Å². The summed E-state index contributed by atoms with van der Waals surface area (Å²) in [6, 6.07) is 5.80. The molecule has 1 aromatic rings. The average Bonchev–Trinajstić information content (AvgIpc) is 2.45. The van der Waals surface area contributed by atoms with Crippen molar-refractivity contribution in [1.29, 1.82) is 0 Å². The molecule has 0 N–H and O–H groups in total. The lowest BCUT2D eigenvalue weighted by molar-refractivity contribution is 0.0175. The van der Waals surface area contributed by atoms with Gasteiger partial charge in [0.25, 0.3) is 15.9 Å². The van der Waals surface area contributed by atoms with Crippen LogP contribution in [0.4, 0.5) is 8.78 Å². The average molecular weight is 324 g/mol. The molecule has 0 saturated carbocycles. The van der Waals surface area contributed by atoms with Crippen LogP contribution in [-0.4, -0.2) is 31.5 Å². The third-order valence-corrected chi connectivity index (χ3v) is 4.71. The number of sulfonamides is 1. The second kappa shape index (κ2) is 5.01. The van der Waals surface area contributed by atoms with Crippen LogP contribution in [0.1, 0.15) is 18.1 Å². The molecule has 0 unspecified atom stereocenters. The van der Waals surface area contributed by atoms with Gasteiger partial charge in [-0.3, -0.25) is 0 Å². The van der Waals surface area contributed by atoms with Gasteiger partial charge >= 0.3 is 0 Å². The number of halogens is 2. The second-order valence-electron chi connectivity index (χ2n) is 5.28. The molecule has 0 amide bonds. The lowest BCUT2D eigenvalue weighted by atomic mass is 9.99. The first-order chi connectivity index (χ1) is 10.3. The van der Waals surface area contributed by atoms with Crippen molar-refractivity contribution in [3.8, 4) is 0 Å². The van der Waals surface area contributed by atoms with Crippen molar-refractivity contribution < 1.29 is 17.2 Å². The number of nitrogens with zero attached hydrogens (tertiary/aromatic N) is 2. The fourth-order valence-electron chi connectivity index (χ4n) is 2.38. The van der Waals surface area contributed by atoms with Gasteiger partial charge in [-0.1, -0.05) is 24.3 Å². The van der Waals surface area contributed by atoms with E-state index in [1.807, 2.05) is 0 Å². The van der Waals surface area contributed by atoms with E-state index in [0.29, 0.717) is 23.5 Å². The van der Waals surface area contributed by atoms with E-state index in [1.165, 1.54) is 12.1 Å². The van der Waals surface area contributed by atoms with Gasteiger partial charge in [-0.15, -0.1) is 4.40 Å². The molecule has 2 aliphatic rings.